The van der Waals surface area contributed by atoms with Gasteiger partial charge in [-0.05, 0) is 11.6 Å². The van der Waals surface area contributed by atoms with Gasteiger partial charge in [0.05, 0.1) is 0 Å². The Balaban J connectivity index is 2.05. The van der Waals surface area contributed by atoms with Crippen molar-refractivity contribution in [2.75, 3.05) is 0 Å². The van der Waals surface area contributed by atoms with Crippen LogP contribution in [0.15, 0.2) is 36.2 Å². The molecule has 1 aliphatic rings. The Morgan fingerprint density at radius 3 is 2.87 bits per heavy atom. The van der Waals surface area contributed by atoms with Crippen molar-refractivity contribution < 1.29 is 4.39 Å². The summed E-state index contributed by atoms with van der Waals surface area (Å²) in [7, 11) is 0. The van der Waals surface area contributed by atoms with Gasteiger partial charge in [0.15, 0.2) is 0 Å². The molecule has 0 fully saturated rings. The van der Waals surface area contributed by atoms with Gasteiger partial charge < -0.3 is 10.6 Å². The maximum absolute atomic E-state index is 13.3. The molecule has 1 aromatic rings. The molecule has 1 aromatic carbocycles. The molecule has 0 saturated carbocycles. The summed E-state index contributed by atoms with van der Waals surface area (Å²) in [6, 6.07) is 6.77. The zero-order valence-corrected chi connectivity index (χ0v) is 8.85. The summed E-state index contributed by atoms with van der Waals surface area (Å²) in [6.45, 7) is 0. The molecule has 2 rings (SSSR count). The highest BCUT2D eigenvalue weighted by Gasteiger charge is 2.13. The average molecular weight is 222 g/mol. The lowest BCUT2D eigenvalue weighted by atomic mass is 10.1. The van der Waals surface area contributed by atoms with Crippen molar-refractivity contribution in [1.29, 1.82) is 0 Å². The molecule has 1 aliphatic heterocycles. The van der Waals surface area contributed by atoms with E-state index < -0.39 is 0 Å². The maximum Gasteiger partial charge on any atom is 0.126 e. The molecular weight excluding hydrogens is 211 g/mol. The second kappa shape index (κ2) is 4.40. The minimum absolute atomic E-state index is 0.0122. The van der Waals surface area contributed by atoms with Crippen molar-refractivity contribution in [3.63, 3.8) is 0 Å². The van der Waals surface area contributed by atoms with Gasteiger partial charge in [-0.25, -0.2) is 4.39 Å². The number of thiocarbonyl (C=S) groups is 1. The van der Waals surface area contributed by atoms with Gasteiger partial charge in [0.25, 0.3) is 0 Å². The first kappa shape index (κ1) is 10.1. The number of allylic oxidation sites excluding steroid dienone is 1. The number of benzene rings is 1. The van der Waals surface area contributed by atoms with E-state index in [-0.39, 0.29) is 12.0 Å². The predicted octanol–water partition coefficient (Wildman–Crippen LogP) is 1.73. The lowest BCUT2D eigenvalue weighted by Gasteiger charge is -2.08. The van der Waals surface area contributed by atoms with Crippen molar-refractivity contribution >= 4 is 17.6 Å². The van der Waals surface area contributed by atoms with Gasteiger partial charge in [-0.3, -0.25) is 0 Å². The molecule has 1 heterocycles. The second-order valence-electron chi connectivity index (χ2n) is 3.36. The van der Waals surface area contributed by atoms with Crippen molar-refractivity contribution in [2.24, 2.45) is 0 Å². The van der Waals surface area contributed by atoms with Crippen LogP contribution in [0.4, 0.5) is 4.39 Å². The van der Waals surface area contributed by atoms with Gasteiger partial charge in [0.1, 0.15) is 12.0 Å². The molecule has 1 atom stereocenters. The molecule has 0 spiro atoms. The summed E-state index contributed by atoms with van der Waals surface area (Å²) in [5.41, 5.74) is 1.63. The molecule has 0 bridgehead atoms. The lowest BCUT2D eigenvalue weighted by molar-refractivity contribution is 0.610. The fraction of sp³-hybridized carbons (Fsp3) is 0.182. The van der Waals surface area contributed by atoms with E-state index in [2.05, 4.69) is 10.6 Å². The molecule has 0 saturated heterocycles. The van der Waals surface area contributed by atoms with Crippen molar-refractivity contribution in [1.82, 2.24) is 10.6 Å². The summed E-state index contributed by atoms with van der Waals surface area (Å²) in [6.07, 6.45) is 2.38. The van der Waals surface area contributed by atoms with Crippen LogP contribution in [0, 0.1) is 5.82 Å². The molecule has 4 heteroatoms. The summed E-state index contributed by atoms with van der Waals surface area (Å²) in [5.74, 6) is -0.175. The third-order valence-corrected chi connectivity index (χ3v) is 2.53. The van der Waals surface area contributed by atoms with Crippen LogP contribution in [0.3, 0.4) is 0 Å². The Kier molecular flexibility index (Phi) is 2.97. The molecule has 78 valence electrons. The van der Waals surface area contributed by atoms with Crippen LogP contribution < -0.4 is 10.6 Å². The Bertz CT molecular complexity index is 403. The number of hydrogen-bond acceptors (Lipinski definition) is 3. The van der Waals surface area contributed by atoms with Crippen LogP contribution in [0.1, 0.15) is 5.56 Å². The van der Waals surface area contributed by atoms with Crippen molar-refractivity contribution in [3.05, 3.63) is 47.5 Å². The summed E-state index contributed by atoms with van der Waals surface area (Å²) >= 11 is 4.80. The van der Waals surface area contributed by atoms with E-state index in [1.807, 2.05) is 12.3 Å². The molecular formula is C11H11FN2S. The highest BCUT2D eigenvalue weighted by Crippen LogP contribution is 2.12. The molecule has 0 amide bonds. The number of rotatable bonds is 3. The van der Waals surface area contributed by atoms with Crippen molar-refractivity contribution in [2.45, 2.75) is 12.6 Å². The van der Waals surface area contributed by atoms with Gasteiger partial charge in [-0.15, -0.1) is 0 Å². The molecule has 0 aromatic heterocycles. The number of hydrogen-bond donors (Lipinski definition) is 2. The van der Waals surface area contributed by atoms with Crippen LogP contribution in [0.2, 0.25) is 0 Å². The first-order valence-corrected chi connectivity index (χ1v) is 5.17. The summed E-state index contributed by atoms with van der Waals surface area (Å²) < 4.78 is 13.3. The van der Waals surface area contributed by atoms with Crippen LogP contribution in [-0.4, -0.2) is 11.5 Å². The zero-order chi connectivity index (χ0) is 10.7. The summed E-state index contributed by atoms with van der Waals surface area (Å²) in [4.78, 5) is 0. The molecule has 2 nitrogen and oxygen atoms in total. The molecule has 2 N–H and O–H groups in total. The Morgan fingerprint density at radius 2 is 2.20 bits per heavy atom. The van der Waals surface area contributed by atoms with Crippen LogP contribution in [0.5, 0.6) is 0 Å². The minimum atomic E-state index is -0.175. The fourth-order valence-corrected chi connectivity index (χ4v) is 1.64. The highest BCUT2D eigenvalue weighted by atomic mass is 32.1. The van der Waals surface area contributed by atoms with Gasteiger partial charge in [0, 0.05) is 23.7 Å². The first-order valence-electron chi connectivity index (χ1n) is 4.70. The second-order valence-corrected chi connectivity index (χ2v) is 3.63. The monoisotopic (exact) mass is 222 g/mol. The Morgan fingerprint density at radius 1 is 1.40 bits per heavy atom. The Hall–Kier alpha value is -1.42. The van der Waals surface area contributed by atoms with E-state index >= 15 is 0 Å². The van der Waals surface area contributed by atoms with E-state index in [4.69, 9.17) is 12.2 Å². The van der Waals surface area contributed by atoms with E-state index in [0.29, 0.717) is 12.0 Å². The molecule has 1 unspecified atom stereocenters. The first-order chi connectivity index (χ1) is 7.29. The van der Waals surface area contributed by atoms with Crippen LogP contribution in [0.25, 0.3) is 0 Å². The van der Waals surface area contributed by atoms with Gasteiger partial charge in [-0.1, -0.05) is 30.4 Å². The maximum atomic E-state index is 13.3. The minimum Gasteiger partial charge on any atom is -0.366 e. The van der Waals surface area contributed by atoms with E-state index in [9.17, 15) is 4.39 Å². The number of nitrogens with one attached hydrogen (secondary N) is 2. The van der Waals surface area contributed by atoms with E-state index in [0.717, 1.165) is 5.70 Å². The van der Waals surface area contributed by atoms with Gasteiger partial charge in [0.2, 0.25) is 0 Å². The van der Waals surface area contributed by atoms with Gasteiger partial charge in [-0.2, -0.15) is 0 Å². The predicted molar refractivity (Wildman–Crippen MR) is 61.9 cm³/mol. The largest absolute Gasteiger partial charge is 0.366 e. The zero-order valence-electron chi connectivity index (χ0n) is 8.03. The molecule has 0 radical (unpaired) electrons. The third-order valence-electron chi connectivity index (χ3n) is 2.25. The third kappa shape index (κ3) is 2.33. The lowest BCUT2D eigenvalue weighted by Crippen LogP contribution is -2.33. The topological polar surface area (TPSA) is 24.1 Å². The highest BCUT2D eigenvalue weighted by molar-refractivity contribution is 7.79. The van der Waals surface area contributed by atoms with E-state index in [1.54, 1.807) is 17.5 Å². The van der Waals surface area contributed by atoms with Crippen LogP contribution in [-0.2, 0) is 6.42 Å². The Labute approximate surface area is 93.2 Å². The van der Waals surface area contributed by atoms with E-state index in [1.165, 1.54) is 6.07 Å². The summed E-state index contributed by atoms with van der Waals surface area (Å²) in [5, 5.41) is 7.78. The smallest absolute Gasteiger partial charge is 0.126 e. The van der Waals surface area contributed by atoms with Gasteiger partial charge >= 0.3 is 0 Å². The normalized spacial score (nSPS) is 19.0. The quantitative estimate of drug-likeness (QED) is 0.762. The number of halogens is 1. The molecule has 15 heavy (non-hydrogen) atoms. The van der Waals surface area contributed by atoms with Crippen LogP contribution >= 0.6 is 12.2 Å². The average Bonchev–Trinajstić information content (AvgIpc) is 2.69. The fourth-order valence-electron chi connectivity index (χ4n) is 1.50. The standard InChI is InChI=1S/C11H11FN2S/c12-10-4-2-1-3-8(10)5-9-6-13-11(7-15)14-9/h1-4,6-7,11,13-14H,5H2. The SMILES string of the molecule is Fc1ccccc1CC1=CNC(C=S)N1. The van der Waals surface area contributed by atoms with Crippen molar-refractivity contribution in [3.8, 4) is 0 Å². The molecule has 0 aliphatic carbocycles.